The molecule has 1 unspecified atom stereocenters. The van der Waals surface area contributed by atoms with E-state index in [4.69, 9.17) is 4.42 Å². The van der Waals surface area contributed by atoms with Crippen molar-refractivity contribution in [1.82, 2.24) is 5.32 Å². The second kappa shape index (κ2) is 4.12. The van der Waals surface area contributed by atoms with Crippen LogP contribution >= 0.6 is 0 Å². The third-order valence-corrected chi connectivity index (χ3v) is 1.88. The Labute approximate surface area is 78.1 Å². The van der Waals surface area contributed by atoms with Crippen LogP contribution in [0.2, 0.25) is 0 Å². The molecule has 0 saturated carbocycles. The minimum atomic E-state index is -0.0323. The highest BCUT2D eigenvalue weighted by molar-refractivity contribution is 5.73. The summed E-state index contributed by atoms with van der Waals surface area (Å²) in [7, 11) is 0. The molecule has 1 amide bonds. The minimum Gasteiger partial charge on any atom is -0.467 e. The number of hydrogen-bond donors (Lipinski definition) is 1. The summed E-state index contributed by atoms with van der Waals surface area (Å²) in [5.41, 5.74) is 0. The summed E-state index contributed by atoms with van der Waals surface area (Å²) < 4.78 is 5.24. The van der Waals surface area contributed by atoms with Crippen molar-refractivity contribution in [3.05, 3.63) is 24.2 Å². The zero-order valence-electron chi connectivity index (χ0n) is 8.20. The number of amides is 1. The van der Waals surface area contributed by atoms with E-state index in [1.807, 2.05) is 26.0 Å². The van der Waals surface area contributed by atoms with Gasteiger partial charge in [-0.2, -0.15) is 0 Å². The van der Waals surface area contributed by atoms with Gasteiger partial charge < -0.3 is 9.73 Å². The van der Waals surface area contributed by atoms with E-state index in [1.165, 1.54) is 6.92 Å². The van der Waals surface area contributed by atoms with Gasteiger partial charge in [0.25, 0.3) is 0 Å². The molecule has 0 saturated heterocycles. The lowest BCUT2D eigenvalue weighted by molar-refractivity contribution is -0.120. The lowest BCUT2D eigenvalue weighted by atomic mass is 10.0. The fraction of sp³-hybridized carbons (Fsp3) is 0.500. The molecule has 13 heavy (non-hydrogen) atoms. The SMILES string of the molecule is CC(=O)NC(c1ccco1)C(C)C. The van der Waals surface area contributed by atoms with Gasteiger partial charge in [0, 0.05) is 6.92 Å². The van der Waals surface area contributed by atoms with Gasteiger partial charge in [0.2, 0.25) is 5.91 Å². The van der Waals surface area contributed by atoms with Crippen LogP contribution in [0.5, 0.6) is 0 Å². The van der Waals surface area contributed by atoms with Gasteiger partial charge in [0.05, 0.1) is 12.3 Å². The zero-order chi connectivity index (χ0) is 9.84. The van der Waals surface area contributed by atoms with Crippen molar-refractivity contribution in [3.8, 4) is 0 Å². The molecule has 1 N–H and O–H groups in total. The fourth-order valence-electron chi connectivity index (χ4n) is 1.25. The van der Waals surface area contributed by atoms with Crippen molar-refractivity contribution in [2.24, 2.45) is 5.92 Å². The third kappa shape index (κ3) is 2.61. The van der Waals surface area contributed by atoms with Crippen LogP contribution in [0.25, 0.3) is 0 Å². The predicted molar refractivity (Wildman–Crippen MR) is 50.1 cm³/mol. The Morgan fingerprint density at radius 2 is 2.23 bits per heavy atom. The van der Waals surface area contributed by atoms with Gasteiger partial charge in [0.15, 0.2) is 0 Å². The monoisotopic (exact) mass is 181 g/mol. The van der Waals surface area contributed by atoms with E-state index >= 15 is 0 Å². The maximum Gasteiger partial charge on any atom is 0.217 e. The first-order valence-corrected chi connectivity index (χ1v) is 4.41. The number of hydrogen-bond acceptors (Lipinski definition) is 2. The third-order valence-electron chi connectivity index (χ3n) is 1.88. The van der Waals surface area contributed by atoms with Gasteiger partial charge in [-0.15, -0.1) is 0 Å². The van der Waals surface area contributed by atoms with Crippen LogP contribution in [0, 0.1) is 5.92 Å². The molecule has 0 spiro atoms. The summed E-state index contributed by atoms with van der Waals surface area (Å²) in [5, 5.41) is 2.85. The molecule has 1 rings (SSSR count). The second-order valence-corrected chi connectivity index (χ2v) is 3.44. The highest BCUT2D eigenvalue weighted by Crippen LogP contribution is 2.21. The molecular formula is C10H15NO2. The first-order valence-electron chi connectivity index (χ1n) is 4.41. The number of carbonyl (C=O) groups excluding carboxylic acids is 1. The average molecular weight is 181 g/mol. The van der Waals surface area contributed by atoms with Crippen LogP contribution in [0.15, 0.2) is 22.8 Å². The molecule has 3 nitrogen and oxygen atoms in total. The number of rotatable bonds is 3. The van der Waals surface area contributed by atoms with E-state index in [9.17, 15) is 4.79 Å². The molecule has 1 aromatic heterocycles. The molecule has 0 fully saturated rings. The first-order chi connectivity index (χ1) is 6.11. The van der Waals surface area contributed by atoms with E-state index in [2.05, 4.69) is 5.32 Å². The maximum absolute atomic E-state index is 10.9. The van der Waals surface area contributed by atoms with Crippen LogP contribution in [0.3, 0.4) is 0 Å². The molecule has 0 radical (unpaired) electrons. The largest absolute Gasteiger partial charge is 0.467 e. The molecule has 0 aromatic carbocycles. The summed E-state index contributed by atoms with van der Waals surface area (Å²) >= 11 is 0. The van der Waals surface area contributed by atoms with Crippen molar-refractivity contribution < 1.29 is 9.21 Å². The molecule has 0 bridgehead atoms. The van der Waals surface area contributed by atoms with Gasteiger partial charge in [-0.1, -0.05) is 13.8 Å². The molecule has 1 heterocycles. The van der Waals surface area contributed by atoms with Crippen LogP contribution < -0.4 is 5.32 Å². The fourth-order valence-corrected chi connectivity index (χ4v) is 1.25. The molecule has 1 aromatic rings. The van der Waals surface area contributed by atoms with Crippen molar-refractivity contribution in [1.29, 1.82) is 0 Å². The number of nitrogens with one attached hydrogen (secondary N) is 1. The molecule has 3 heteroatoms. The Balaban J connectivity index is 2.74. The standard InChI is InChI=1S/C10H15NO2/c1-7(2)10(11-8(3)12)9-5-4-6-13-9/h4-7,10H,1-3H3,(H,11,12). The smallest absolute Gasteiger partial charge is 0.217 e. The zero-order valence-corrected chi connectivity index (χ0v) is 8.20. The highest BCUT2D eigenvalue weighted by atomic mass is 16.3. The number of furan rings is 1. The lowest BCUT2D eigenvalue weighted by Crippen LogP contribution is -2.29. The first kappa shape index (κ1) is 9.84. The van der Waals surface area contributed by atoms with E-state index in [0.29, 0.717) is 5.92 Å². The van der Waals surface area contributed by atoms with Crippen molar-refractivity contribution in [2.45, 2.75) is 26.8 Å². The summed E-state index contributed by atoms with van der Waals surface area (Å²) in [6.07, 6.45) is 1.62. The van der Waals surface area contributed by atoms with Gasteiger partial charge >= 0.3 is 0 Å². The topological polar surface area (TPSA) is 42.2 Å². The van der Waals surface area contributed by atoms with Crippen LogP contribution in [-0.4, -0.2) is 5.91 Å². The Morgan fingerprint density at radius 3 is 2.62 bits per heavy atom. The Morgan fingerprint density at radius 1 is 1.54 bits per heavy atom. The van der Waals surface area contributed by atoms with E-state index < -0.39 is 0 Å². The summed E-state index contributed by atoms with van der Waals surface area (Å²) in [6.45, 7) is 5.60. The van der Waals surface area contributed by atoms with Crippen molar-refractivity contribution >= 4 is 5.91 Å². The Kier molecular flexibility index (Phi) is 3.12. The van der Waals surface area contributed by atoms with Crippen LogP contribution in [0.4, 0.5) is 0 Å². The van der Waals surface area contributed by atoms with E-state index in [1.54, 1.807) is 6.26 Å². The van der Waals surface area contributed by atoms with Gasteiger partial charge in [0.1, 0.15) is 5.76 Å². The van der Waals surface area contributed by atoms with Gasteiger partial charge in [-0.25, -0.2) is 0 Å². The molecule has 0 aliphatic heterocycles. The summed E-state index contributed by atoms with van der Waals surface area (Å²) in [6, 6.07) is 3.68. The molecule has 72 valence electrons. The van der Waals surface area contributed by atoms with Crippen LogP contribution in [-0.2, 0) is 4.79 Å². The summed E-state index contributed by atoms with van der Waals surface area (Å²) in [4.78, 5) is 10.9. The summed E-state index contributed by atoms with van der Waals surface area (Å²) in [5.74, 6) is 1.11. The number of carbonyl (C=O) groups is 1. The van der Waals surface area contributed by atoms with E-state index in [-0.39, 0.29) is 11.9 Å². The van der Waals surface area contributed by atoms with E-state index in [0.717, 1.165) is 5.76 Å². The van der Waals surface area contributed by atoms with Gasteiger partial charge in [-0.05, 0) is 18.1 Å². The quantitative estimate of drug-likeness (QED) is 0.776. The van der Waals surface area contributed by atoms with Crippen molar-refractivity contribution in [3.63, 3.8) is 0 Å². The normalized spacial score (nSPS) is 12.9. The van der Waals surface area contributed by atoms with Gasteiger partial charge in [-0.3, -0.25) is 4.79 Å². The lowest BCUT2D eigenvalue weighted by Gasteiger charge is -2.18. The molecule has 0 aliphatic rings. The maximum atomic E-state index is 10.9. The molecule has 1 atom stereocenters. The molecule has 0 aliphatic carbocycles. The second-order valence-electron chi connectivity index (χ2n) is 3.44. The Hall–Kier alpha value is -1.25. The Bertz CT molecular complexity index is 264. The highest BCUT2D eigenvalue weighted by Gasteiger charge is 2.18. The van der Waals surface area contributed by atoms with Crippen LogP contribution in [0.1, 0.15) is 32.6 Å². The molecular weight excluding hydrogens is 166 g/mol. The predicted octanol–water partition coefficient (Wildman–Crippen LogP) is 2.11. The van der Waals surface area contributed by atoms with Crippen molar-refractivity contribution in [2.75, 3.05) is 0 Å². The average Bonchev–Trinajstić information content (AvgIpc) is 2.50. The minimum absolute atomic E-state index is 0.0208.